The number of nitrogen functional groups attached to an aromatic ring is 1. The third-order valence-corrected chi connectivity index (χ3v) is 1.64. The van der Waals surface area contributed by atoms with Crippen LogP contribution in [-0.4, -0.2) is 25.2 Å². The average Bonchev–Trinajstić information content (AvgIpc) is 2.15. The van der Waals surface area contributed by atoms with Crippen LogP contribution in [0.1, 0.15) is 6.42 Å². The summed E-state index contributed by atoms with van der Waals surface area (Å²) in [7, 11) is 1.70. The van der Waals surface area contributed by atoms with Crippen LogP contribution in [0.25, 0.3) is 0 Å². The van der Waals surface area contributed by atoms with Crippen molar-refractivity contribution in [3.8, 4) is 0 Å². The molecule has 0 saturated heterocycles. The van der Waals surface area contributed by atoms with Gasteiger partial charge in [0.1, 0.15) is 5.82 Å². The Balaban J connectivity index is 2.25. The summed E-state index contributed by atoms with van der Waals surface area (Å²) >= 11 is 0. The molecule has 0 spiro atoms. The molecule has 1 heterocycles. The van der Waals surface area contributed by atoms with Crippen LogP contribution < -0.4 is 11.1 Å². The first-order chi connectivity index (χ1) is 6.33. The third-order valence-electron chi connectivity index (χ3n) is 1.64. The fraction of sp³-hybridized carbons (Fsp3) is 0.444. The smallest absolute Gasteiger partial charge is 0.123 e. The molecule has 4 heteroatoms. The fourth-order valence-electron chi connectivity index (χ4n) is 0.959. The maximum Gasteiger partial charge on any atom is 0.123 e. The van der Waals surface area contributed by atoms with Gasteiger partial charge in [-0.05, 0) is 18.6 Å². The Bertz CT molecular complexity index is 235. The van der Waals surface area contributed by atoms with Crippen molar-refractivity contribution < 1.29 is 4.74 Å². The molecule has 1 aromatic rings. The van der Waals surface area contributed by atoms with Crippen LogP contribution >= 0.6 is 0 Å². The van der Waals surface area contributed by atoms with E-state index >= 15 is 0 Å². The van der Waals surface area contributed by atoms with Crippen LogP contribution in [0.2, 0.25) is 0 Å². The van der Waals surface area contributed by atoms with Crippen LogP contribution in [0, 0.1) is 0 Å². The third kappa shape index (κ3) is 3.75. The van der Waals surface area contributed by atoms with Gasteiger partial charge < -0.3 is 15.8 Å². The number of nitrogens with one attached hydrogen (secondary N) is 1. The molecule has 0 aromatic carbocycles. The molecule has 0 bridgehead atoms. The molecule has 0 radical (unpaired) electrons. The van der Waals surface area contributed by atoms with Gasteiger partial charge in [0.25, 0.3) is 0 Å². The van der Waals surface area contributed by atoms with Gasteiger partial charge in [0, 0.05) is 20.3 Å². The molecule has 0 saturated carbocycles. The Morgan fingerprint density at radius 1 is 1.54 bits per heavy atom. The number of nitrogens with two attached hydrogens (primary N) is 1. The summed E-state index contributed by atoms with van der Waals surface area (Å²) in [6, 6.07) is 3.69. The zero-order valence-electron chi connectivity index (χ0n) is 7.79. The van der Waals surface area contributed by atoms with Crippen LogP contribution in [0.4, 0.5) is 11.5 Å². The lowest BCUT2D eigenvalue weighted by Gasteiger charge is -2.04. The molecule has 1 rings (SSSR count). The second-order valence-corrected chi connectivity index (χ2v) is 2.74. The quantitative estimate of drug-likeness (QED) is 0.668. The molecule has 13 heavy (non-hydrogen) atoms. The standard InChI is InChI=1S/C9H15N3O/c1-13-6-2-5-11-8-3-4-9(10)12-7-8/h3-4,7,11H,2,5-6H2,1H3,(H2,10,12). The van der Waals surface area contributed by atoms with E-state index < -0.39 is 0 Å². The molecule has 1 aromatic heterocycles. The van der Waals surface area contributed by atoms with E-state index in [2.05, 4.69) is 10.3 Å². The lowest BCUT2D eigenvalue weighted by atomic mass is 10.4. The van der Waals surface area contributed by atoms with Crippen molar-refractivity contribution in [2.75, 3.05) is 31.3 Å². The average molecular weight is 181 g/mol. The summed E-state index contributed by atoms with van der Waals surface area (Å²) in [5.74, 6) is 0.544. The minimum atomic E-state index is 0.544. The van der Waals surface area contributed by atoms with E-state index in [-0.39, 0.29) is 0 Å². The van der Waals surface area contributed by atoms with E-state index in [1.165, 1.54) is 0 Å². The molecular formula is C9H15N3O. The van der Waals surface area contributed by atoms with Crippen molar-refractivity contribution in [2.24, 2.45) is 0 Å². The van der Waals surface area contributed by atoms with Gasteiger partial charge in [-0.2, -0.15) is 0 Å². The monoisotopic (exact) mass is 181 g/mol. The number of ether oxygens (including phenoxy) is 1. The van der Waals surface area contributed by atoms with Gasteiger partial charge in [0.05, 0.1) is 11.9 Å². The molecule has 0 aliphatic heterocycles. The van der Waals surface area contributed by atoms with Crippen molar-refractivity contribution in [3.05, 3.63) is 18.3 Å². The molecular weight excluding hydrogens is 166 g/mol. The second kappa shape index (κ2) is 5.37. The lowest BCUT2D eigenvalue weighted by Crippen LogP contribution is -2.04. The molecule has 0 aliphatic rings. The summed E-state index contributed by atoms with van der Waals surface area (Å²) in [5, 5.41) is 3.21. The highest BCUT2D eigenvalue weighted by atomic mass is 16.5. The number of hydrogen-bond acceptors (Lipinski definition) is 4. The maximum atomic E-state index is 5.44. The van der Waals surface area contributed by atoms with Crippen molar-refractivity contribution in [1.29, 1.82) is 0 Å². The molecule has 0 amide bonds. The molecule has 4 nitrogen and oxygen atoms in total. The van der Waals surface area contributed by atoms with Gasteiger partial charge in [-0.25, -0.2) is 4.98 Å². The van der Waals surface area contributed by atoms with E-state index in [1.54, 1.807) is 19.4 Å². The number of pyridine rings is 1. The van der Waals surface area contributed by atoms with Gasteiger partial charge in [0.15, 0.2) is 0 Å². The number of nitrogens with zero attached hydrogens (tertiary/aromatic N) is 1. The first kappa shape index (κ1) is 9.80. The molecule has 0 unspecified atom stereocenters. The molecule has 0 fully saturated rings. The van der Waals surface area contributed by atoms with Crippen LogP contribution in [-0.2, 0) is 4.74 Å². The zero-order chi connectivity index (χ0) is 9.52. The van der Waals surface area contributed by atoms with E-state index in [1.807, 2.05) is 6.07 Å². The van der Waals surface area contributed by atoms with Crippen molar-refractivity contribution >= 4 is 11.5 Å². The van der Waals surface area contributed by atoms with Gasteiger partial charge in [-0.15, -0.1) is 0 Å². The summed E-state index contributed by atoms with van der Waals surface area (Å²) < 4.78 is 4.92. The van der Waals surface area contributed by atoms with E-state index in [4.69, 9.17) is 10.5 Å². The molecule has 3 N–H and O–H groups in total. The van der Waals surface area contributed by atoms with Gasteiger partial charge in [-0.3, -0.25) is 0 Å². The van der Waals surface area contributed by atoms with Crippen LogP contribution in [0.5, 0.6) is 0 Å². The number of rotatable bonds is 5. The minimum Gasteiger partial charge on any atom is -0.385 e. The first-order valence-corrected chi connectivity index (χ1v) is 4.27. The van der Waals surface area contributed by atoms with Gasteiger partial charge in [0.2, 0.25) is 0 Å². The highest BCUT2D eigenvalue weighted by molar-refractivity contribution is 5.45. The maximum absolute atomic E-state index is 5.44. The van der Waals surface area contributed by atoms with Crippen LogP contribution in [0.15, 0.2) is 18.3 Å². The van der Waals surface area contributed by atoms with Crippen LogP contribution in [0.3, 0.4) is 0 Å². The Kier molecular flexibility index (Phi) is 4.05. The zero-order valence-corrected chi connectivity index (χ0v) is 7.79. The topological polar surface area (TPSA) is 60.2 Å². The normalized spacial score (nSPS) is 9.92. The Hall–Kier alpha value is -1.29. The number of methoxy groups -OCH3 is 1. The Morgan fingerprint density at radius 3 is 3.00 bits per heavy atom. The summed E-state index contributed by atoms with van der Waals surface area (Å²) in [6.07, 6.45) is 2.71. The summed E-state index contributed by atoms with van der Waals surface area (Å²) in [4.78, 5) is 3.96. The highest BCUT2D eigenvalue weighted by Crippen LogP contribution is 2.06. The number of anilines is 2. The minimum absolute atomic E-state index is 0.544. The van der Waals surface area contributed by atoms with E-state index in [0.29, 0.717) is 5.82 Å². The Morgan fingerprint density at radius 2 is 2.38 bits per heavy atom. The first-order valence-electron chi connectivity index (χ1n) is 4.27. The summed E-state index contributed by atoms with van der Waals surface area (Å²) in [6.45, 7) is 1.66. The predicted octanol–water partition coefficient (Wildman–Crippen LogP) is 1.11. The second-order valence-electron chi connectivity index (χ2n) is 2.74. The molecule has 0 aliphatic carbocycles. The molecule has 72 valence electrons. The highest BCUT2D eigenvalue weighted by Gasteiger charge is 1.91. The fourth-order valence-corrected chi connectivity index (χ4v) is 0.959. The van der Waals surface area contributed by atoms with Crippen molar-refractivity contribution in [2.45, 2.75) is 6.42 Å². The number of hydrogen-bond donors (Lipinski definition) is 2. The SMILES string of the molecule is COCCCNc1ccc(N)nc1. The van der Waals surface area contributed by atoms with Crippen molar-refractivity contribution in [1.82, 2.24) is 4.98 Å². The van der Waals surface area contributed by atoms with E-state index in [9.17, 15) is 0 Å². The summed E-state index contributed by atoms with van der Waals surface area (Å²) in [5.41, 5.74) is 6.44. The predicted molar refractivity (Wildman–Crippen MR) is 53.6 cm³/mol. The Labute approximate surface area is 78.1 Å². The van der Waals surface area contributed by atoms with E-state index in [0.717, 1.165) is 25.3 Å². The largest absolute Gasteiger partial charge is 0.385 e. The lowest BCUT2D eigenvalue weighted by molar-refractivity contribution is 0.198. The molecule has 0 atom stereocenters. The van der Waals surface area contributed by atoms with Gasteiger partial charge >= 0.3 is 0 Å². The van der Waals surface area contributed by atoms with Crippen molar-refractivity contribution in [3.63, 3.8) is 0 Å². The van der Waals surface area contributed by atoms with Gasteiger partial charge in [-0.1, -0.05) is 0 Å². The number of aromatic nitrogens is 1.